The van der Waals surface area contributed by atoms with E-state index < -0.39 is 0 Å². The Morgan fingerprint density at radius 3 is 2.73 bits per heavy atom. The predicted octanol–water partition coefficient (Wildman–Crippen LogP) is 2.84. The molecule has 1 N–H and O–H groups in total. The van der Waals surface area contributed by atoms with Gasteiger partial charge in [0.25, 0.3) is 0 Å². The molecule has 26 heavy (non-hydrogen) atoms. The average molecular weight is 370 g/mol. The lowest BCUT2D eigenvalue weighted by Gasteiger charge is -2.38. The van der Waals surface area contributed by atoms with Gasteiger partial charge in [-0.25, -0.2) is 14.8 Å². The Hall–Kier alpha value is -2.12. The minimum absolute atomic E-state index is 0.296. The maximum absolute atomic E-state index is 11.4. The van der Waals surface area contributed by atoms with Gasteiger partial charge in [-0.2, -0.15) is 0 Å². The van der Waals surface area contributed by atoms with Crippen molar-refractivity contribution in [2.75, 3.05) is 19.6 Å². The van der Waals surface area contributed by atoms with Crippen molar-refractivity contribution in [3.8, 4) is 0 Å². The summed E-state index contributed by atoms with van der Waals surface area (Å²) in [6.45, 7) is 3.15. The lowest BCUT2D eigenvalue weighted by atomic mass is 9.93. The number of benzene rings is 1. The molecule has 2 aliphatic heterocycles. The Labute approximate surface area is 157 Å². The molecule has 2 aromatic rings. The van der Waals surface area contributed by atoms with Crippen molar-refractivity contribution in [2.45, 2.75) is 35.9 Å². The fraction of sp³-hybridized carbons (Fsp3) is 0.421. The number of hydrogen-bond donors (Lipinski definition) is 1. The van der Waals surface area contributed by atoms with E-state index in [0.717, 1.165) is 48.9 Å². The summed E-state index contributed by atoms with van der Waals surface area (Å²) in [6, 6.07) is 10.3. The maximum Gasteiger partial charge on any atom is 0.407 e. The minimum Gasteiger partial charge on any atom is -0.440 e. The van der Waals surface area contributed by atoms with E-state index >= 15 is 0 Å². The zero-order valence-electron chi connectivity index (χ0n) is 14.6. The van der Waals surface area contributed by atoms with Gasteiger partial charge >= 0.3 is 6.09 Å². The maximum atomic E-state index is 11.4. The van der Waals surface area contributed by atoms with Crippen LogP contribution in [0.5, 0.6) is 0 Å². The Morgan fingerprint density at radius 2 is 2.00 bits per heavy atom. The third-order valence-electron chi connectivity index (χ3n) is 4.78. The highest BCUT2D eigenvalue weighted by Gasteiger charge is 2.43. The number of piperidine rings is 1. The molecule has 0 radical (unpaired) electrons. The molecule has 1 atom stereocenters. The summed E-state index contributed by atoms with van der Waals surface area (Å²) in [5.41, 5.74) is 1.99. The van der Waals surface area contributed by atoms with Crippen LogP contribution in [0, 0.1) is 0 Å². The quantitative estimate of drug-likeness (QED) is 0.645. The smallest absolute Gasteiger partial charge is 0.407 e. The number of ether oxygens (including phenoxy) is 1. The number of rotatable bonds is 5. The number of amides is 1. The van der Waals surface area contributed by atoms with Gasteiger partial charge in [0.15, 0.2) is 5.16 Å². The Bertz CT molecular complexity index is 756. The summed E-state index contributed by atoms with van der Waals surface area (Å²) >= 11 is 1.64. The monoisotopic (exact) mass is 370 g/mol. The zero-order chi connectivity index (χ0) is 17.8. The molecule has 0 saturated carbocycles. The van der Waals surface area contributed by atoms with E-state index in [1.165, 1.54) is 5.56 Å². The van der Waals surface area contributed by atoms with Crippen molar-refractivity contribution < 1.29 is 9.53 Å². The molecule has 3 heterocycles. The van der Waals surface area contributed by atoms with Crippen LogP contribution in [0.4, 0.5) is 4.79 Å². The molecule has 7 heteroatoms. The summed E-state index contributed by atoms with van der Waals surface area (Å²) in [6.07, 6.45) is 5.46. The molecule has 2 fully saturated rings. The second kappa shape index (κ2) is 7.63. The van der Waals surface area contributed by atoms with Crippen molar-refractivity contribution >= 4 is 17.9 Å². The molecule has 4 rings (SSSR count). The number of aromatic nitrogens is 2. The molecular weight excluding hydrogens is 348 g/mol. The average Bonchev–Trinajstić information content (AvgIpc) is 3.02. The zero-order valence-corrected chi connectivity index (χ0v) is 15.4. The number of nitrogens with one attached hydrogen (secondary N) is 1. The number of nitrogens with zero attached hydrogens (tertiary/aromatic N) is 3. The normalized spacial score (nSPS) is 23.0. The molecule has 1 aromatic carbocycles. The van der Waals surface area contributed by atoms with Gasteiger partial charge in [-0.1, -0.05) is 42.1 Å². The van der Waals surface area contributed by atoms with Crippen LogP contribution in [0.3, 0.4) is 0 Å². The number of carbonyl (C=O) groups is 1. The third-order valence-corrected chi connectivity index (χ3v) is 5.73. The highest BCUT2D eigenvalue weighted by Crippen LogP contribution is 2.29. The molecule has 2 saturated heterocycles. The Kier molecular flexibility index (Phi) is 5.08. The SMILES string of the molecule is O=C1NCC2(CCCN(Cc3cnc(SCc4ccccc4)nc3)C2)O1. The van der Waals surface area contributed by atoms with Crippen LogP contribution in [0.25, 0.3) is 0 Å². The van der Waals surface area contributed by atoms with Gasteiger partial charge in [0, 0.05) is 36.8 Å². The molecule has 1 spiro atoms. The van der Waals surface area contributed by atoms with E-state index in [9.17, 15) is 4.79 Å². The number of thioether (sulfide) groups is 1. The number of alkyl carbamates (subject to hydrolysis) is 1. The first-order valence-electron chi connectivity index (χ1n) is 8.88. The number of hydrogen-bond acceptors (Lipinski definition) is 6. The lowest BCUT2D eigenvalue weighted by Crippen LogP contribution is -2.50. The van der Waals surface area contributed by atoms with E-state index in [1.54, 1.807) is 11.8 Å². The van der Waals surface area contributed by atoms with Crippen molar-refractivity contribution in [3.63, 3.8) is 0 Å². The van der Waals surface area contributed by atoms with Crippen LogP contribution >= 0.6 is 11.8 Å². The van der Waals surface area contributed by atoms with Crippen LogP contribution in [-0.2, 0) is 17.0 Å². The lowest BCUT2D eigenvalue weighted by molar-refractivity contribution is -0.0111. The van der Waals surface area contributed by atoms with Crippen molar-refractivity contribution in [2.24, 2.45) is 0 Å². The summed E-state index contributed by atoms with van der Waals surface area (Å²) in [5, 5.41) is 3.58. The van der Waals surface area contributed by atoms with E-state index in [-0.39, 0.29) is 11.7 Å². The molecule has 0 bridgehead atoms. The summed E-state index contributed by atoms with van der Waals surface area (Å²) in [5.74, 6) is 0.868. The van der Waals surface area contributed by atoms with Crippen LogP contribution in [0.2, 0.25) is 0 Å². The molecule has 2 aliphatic rings. The van der Waals surface area contributed by atoms with E-state index in [1.807, 2.05) is 30.6 Å². The molecule has 0 aliphatic carbocycles. The Morgan fingerprint density at radius 1 is 1.19 bits per heavy atom. The first-order valence-corrected chi connectivity index (χ1v) is 9.86. The van der Waals surface area contributed by atoms with Gasteiger partial charge in [0.1, 0.15) is 5.60 Å². The molecule has 136 valence electrons. The molecule has 6 nitrogen and oxygen atoms in total. The number of carbonyl (C=O) groups excluding carboxylic acids is 1. The molecule has 1 unspecified atom stereocenters. The predicted molar refractivity (Wildman–Crippen MR) is 99.8 cm³/mol. The van der Waals surface area contributed by atoms with Crippen LogP contribution in [0.15, 0.2) is 47.9 Å². The van der Waals surface area contributed by atoms with E-state index in [0.29, 0.717) is 6.54 Å². The summed E-state index contributed by atoms with van der Waals surface area (Å²) in [7, 11) is 0. The van der Waals surface area contributed by atoms with Crippen molar-refractivity contribution in [1.82, 2.24) is 20.2 Å². The van der Waals surface area contributed by atoms with Crippen molar-refractivity contribution in [3.05, 3.63) is 53.9 Å². The molecule has 1 aromatic heterocycles. The fourth-order valence-electron chi connectivity index (χ4n) is 3.53. The topological polar surface area (TPSA) is 67.4 Å². The first-order chi connectivity index (χ1) is 12.7. The minimum atomic E-state index is -0.359. The standard InChI is InChI=1S/C19H22N4O2S/c24-18-22-13-19(25-18)7-4-8-23(14-19)11-16-9-20-17(21-10-16)26-12-15-5-2-1-3-6-15/h1-3,5-6,9-10H,4,7-8,11-14H2,(H,22,24). The van der Waals surface area contributed by atoms with Gasteiger partial charge in [0.05, 0.1) is 6.54 Å². The third kappa shape index (κ3) is 4.16. The van der Waals surface area contributed by atoms with Gasteiger partial charge in [-0.3, -0.25) is 4.90 Å². The van der Waals surface area contributed by atoms with Crippen LogP contribution in [-0.4, -0.2) is 46.2 Å². The molecule has 1 amide bonds. The van der Waals surface area contributed by atoms with Crippen molar-refractivity contribution in [1.29, 1.82) is 0 Å². The molecular formula is C19H22N4O2S. The van der Waals surface area contributed by atoms with Crippen LogP contribution in [0.1, 0.15) is 24.0 Å². The summed E-state index contributed by atoms with van der Waals surface area (Å²) in [4.78, 5) is 22.7. The van der Waals surface area contributed by atoms with E-state index in [2.05, 4.69) is 32.3 Å². The second-order valence-corrected chi connectivity index (χ2v) is 7.83. The van der Waals surface area contributed by atoms with Gasteiger partial charge in [0.2, 0.25) is 0 Å². The number of likely N-dealkylation sites (tertiary alicyclic amines) is 1. The second-order valence-electron chi connectivity index (χ2n) is 6.89. The largest absolute Gasteiger partial charge is 0.440 e. The summed E-state index contributed by atoms with van der Waals surface area (Å²) < 4.78 is 5.52. The Balaban J connectivity index is 1.32. The van der Waals surface area contributed by atoms with Gasteiger partial charge in [-0.05, 0) is 24.9 Å². The highest BCUT2D eigenvalue weighted by molar-refractivity contribution is 7.98. The fourth-order valence-corrected chi connectivity index (χ4v) is 4.28. The first kappa shape index (κ1) is 17.3. The van der Waals surface area contributed by atoms with Gasteiger partial charge < -0.3 is 10.1 Å². The van der Waals surface area contributed by atoms with Crippen LogP contribution < -0.4 is 5.32 Å². The van der Waals surface area contributed by atoms with E-state index in [4.69, 9.17) is 4.74 Å². The highest BCUT2D eigenvalue weighted by atomic mass is 32.2. The van der Waals surface area contributed by atoms with Gasteiger partial charge in [-0.15, -0.1) is 0 Å².